The summed E-state index contributed by atoms with van der Waals surface area (Å²) in [5.41, 5.74) is 0.469. The normalized spacial score (nSPS) is 9.43. The smallest absolute Gasteiger partial charge is 0.129 e. The molecule has 76 valence electrons. The molecular weight excluding hydrogens is 184 g/mol. The fraction of sp³-hybridized carbons (Fsp3) is 0.182. The zero-order valence-electron chi connectivity index (χ0n) is 8.30. The largest absolute Gasteiger partial charge is 0.297 e. The van der Waals surface area contributed by atoms with Crippen molar-refractivity contribution in [2.45, 2.75) is 6.92 Å². The predicted octanol–water partition coefficient (Wildman–Crippen LogP) is 3.15. The molecule has 0 aliphatic rings. The van der Waals surface area contributed by atoms with Crippen LogP contribution in [0, 0.1) is 18.6 Å². The summed E-state index contributed by atoms with van der Waals surface area (Å²) < 4.78 is 24.4. The van der Waals surface area contributed by atoms with Crippen LogP contribution >= 0.6 is 0 Å². The minimum Gasteiger partial charge on any atom is -0.297 e. The SMILES string of the molecule is C=CC=NC.Cc1ccc(F)cc1F. The van der Waals surface area contributed by atoms with E-state index in [1.807, 2.05) is 0 Å². The average molecular weight is 197 g/mol. The lowest BCUT2D eigenvalue weighted by Crippen LogP contribution is -1.81. The number of rotatable bonds is 1. The number of allylic oxidation sites excluding steroid dienone is 1. The summed E-state index contributed by atoms with van der Waals surface area (Å²) in [7, 11) is 1.71. The van der Waals surface area contributed by atoms with Crippen LogP contribution in [0.4, 0.5) is 8.78 Å². The van der Waals surface area contributed by atoms with Crippen LogP contribution in [0.1, 0.15) is 5.56 Å². The van der Waals surface area contributed by atoms with Crippen molar-refractivity contribution in [1.82, 2.24) is 0 Å². The van der Waals surface area contributed by atoms with Gasteiger partial charge in [-0.1, -0.05) is 18.7 Å². The second kappa shape index (κ2) is 6.95. The predicted molar refractivity (Wildman–Crippen MR) is 55.7 cm³/mol. The zero-order valence-corrected chi connectivity index (χ0v) is 8.30. The molecule has 0 aliphatic heterocycles. The number of halogens is 2. The minimum absolute atomic E-state index is 0.469. The summed E-state index contributed by atoms with van der Waals surface area (Å²) in [6.07, 6.45) is 3.28. The number of aryl methyl sites for hydroxylation is 1. The van der Waals surface area contributed by atoms with Gasteiger partial charge in [-0.05, 0) is 18.6 Å². The van der Waals surface area contributed by atoms with Gasteiger partial charge in [0.1, 0.15) is 11.6 Å². The van der Waals surface area contributed by atoms with Crippen LogP contribution in [0.5, 0.6) is 0 Å². The van der Waals surface area contributed by atoms with E-state index in [9.17, 15) is 8.78 Å². The molecule has 14 heavy (non-hydrogen) atoms. The molecule has 1 aromatic rings. The molecule has 0 atom stereocenters. The van der Waals surface area contributed by atoms with Gasteiger partial charge in [0.05, 0.1) is 0 Å². The van der Waals surface area contributed by atoms with Gasteiger partial charge in [0.15, 0.2) is 0 Å². The molecular formula is C11H13F2N. The van der Waals surface area contributed by atoms with E-state index >= 15 is 0 Å². The molecule has 0 aliphatic carbocycles. The molecule has 0 heterocycles. The van der Waals surface area contributed by atoms with Gasteiger partial charge in [0.2, 0.25) is 0 Å². The highest BCUT2D eigenvalue weighted by Crippen LogP contribution is 2.06. The number of benzene rings is 1. The monoisotopic (exact) mass is 197 g/mol. The lowest BCUT2D eigenvalue weighted by Gasteiger charge is -1.92. The fourth-order valence-corrected chi connectivity index (χ4v) is 0.673. The van der Waals surface area contributed by atoms with Crippen LogP contribution < -0.4 is 0 Å². The van der Waals surface area contributed by atoms with Crippen LogP contribution in [0.3, 0.4) is 0 Å². The number of aliphatic imine (C=N–C) groups is 1. The first-order chi connectivity index (χ1) is 6.61. The Morgan fingerprint density at radius 1 is 1.36 bits per heavy atom. The molecule has 0 fully saturated rings. The maximum Gasteiger partial charge on any atom is 0.129 e. The van der Waals surface area contributed by atoms with E-state index in [0.717, 1.165) is 6.07 Å². The zero-order chi connectivity index (χ0) is 11.0. The Balaban J connectivity index is 0.000000292. The average Bonchev–Trinajstić information content (AvgIpc) is 2.14. The summed E-state index contributed by atoms with van der Waals surface area (Å²) in [6, 6.07) is 3.51. The summed E-state index contributed by atoms with van der Waals surface area (Å²) in [5.74, 6) is -1.02. The highest BCUT2D eigenvalue weighted by molar-refractivity contribution is 5.69. The van der Waals surface area contributed by atoms with Gasteiger partial charge in [-0.25, -0.2) is 8.78 Å². The number of hydrogen-bond acceptors (Lipinski definition) is 1. The Kier molecular flexibility index (Phi) is 6.20. The Hall–Kier alpha value is -1.51. The van der Waals surface area contributed by atoms with E-state index in [-0.39, 0.29) is 0 Å². The van der Waals surface area contributed by atoms with Crippen molar-refractivity contribution in [1.29, 1.82) is 0 Å². The van der Waals surface area contributed by atoms with Gasteiger partial charge in [0, 0.05) is 19.3 Å². The molecule has 3 heteroatoms. The summed E-state index contributed by atoms with van der Waals surface area (Å²) in [4.78, 5) is 3.61. The molecule has 0 N–H and O–H groups in total. The van der Waals surface area contributed by atoms with Gasteiger partial charge in [-0.2, -0.15) is 0 Å². The molecule has 0 unspecified atom stereocenters. The molecule has 0 saturated heterocycles. The van der Waals surface area contributed by atoms with E-state index in [1.54, 1.807) is 26.3 Å². The Morgan fingerprint density at radius 3 is 2.29 bits per heavy atom. The van der Waals surface area contributed by atoms with Crippen LogP contribution in [0.2, 0.25) is 0 Å². The standard InChI is InChI=1S/C7H6F2.C4H7N/c1-5-2-3-6(8)4-7(5)9;1-3-4-5-2/h2-4H,1H3;3-4H,1H2,2H3. The molecule has 0 radical (unpaired) electrons. The van der Waals surface area contributed by atoms with Crippen molar-refractivity contribution in [3.05, 3.63) is 48.1 Å². The third-order valence-electron chi connectivity index (χ3n) is 1.39. The first-order valence-electron chi connectivity index (χ1n) is 4.06. The maximum absolute atomic E-state index is 12.3. The molecule has 0 amide bonds. The van der Waals surface area contributed by atoms with E-state index < -0.39 is 11.6 Å². The summed E-state index contributed by atoms with van der Waals surface area (Å²) >= 11 is 0. The molecule has 0 aromatic heterocycles. The lowest BCUT2D eigenvalue weighted by atomic mass is 10.2. The van der Waals surface area contributed by atoms with Crippen molar-refractivity contribution in [3.8, 4) is 0 Å². The van der Waals surface area contributed by atoms with Gasteiger partial charge in [-0.3, -0.25) is 4.99 Å². The van der Waals surface area contributed by atoms with Gasteiger partial charge < -0.3 is 0 Å². The van der Waals surface area contributed by atoms with Gasteiger partial charge >= 0.3 is 0 Å². The highest BCUT2D eigenvalue weighted by atomic mass is 19.1. The third kappa shape index (κ3) is 5.19. The topological polar surface area (TPSA) is 12.4 Å². The second-order valence-electron chi connectivity index (χ2n) is 2.54. The maximum atomic E-state index is 12.3. The second-order valence-corrected chi connectivity index (χ2v) is 2.54. The molecule has 0 spiro atoms. The minimum atomic E-state index is -0.530. The highest BCUT2D eigenvalue weighted by Gasteiger charge is 1.95. The quantitative estimate of drug-likeness (QED) is 0.613. The van der Waals surface area contributed by atoms with Gasteiger partial charge in [-0.15, -0.1) is 0 Å². The van der Waals surface area contributed by atoms with Crippen LogP contribution in [0.25, 0.3) is 0 Å². The van der Waals surface area contributed by atoms with Crippen molar-refractivity contribution in [3.63, 3.8) is 0 Å². The first-order valence-corrected chi connectivity index (χ1v) is 4.06. The Labute approximate surface area is 82.8 Å². The summed E-state index contributed by atoms with van der Waals surface area (Å²) in [6.45, 7) is 4.99. The number of hydrogen-bond donors (Lipinski definition) is 0. The van der Waals surface area contributed by atoms with Crippen molar-refractivity contribution >= 4 is 6.21 Å². The van der Waals surface area contributed by atoms with Crippen LogP contribution in [-0.2, 0) is 0 Å². The van der Waals surface area contributed by atoms with Crippen LogP contribution in [-0.4, -0.2) is 13.3 Å². The molecule has 0 bridgehead atoms. The van der Waals surface area contributed by atoms with Crippen molar-refractivity contribution in [2.75, 3.05) is 7.05 Å². The molecule has 1 aromatic carbocycles. The lowest BCUT2D eigenvalue weighted by molar-refractivity contribution is 0.577. The van der Waals surface area contributed by atoms with Crippen molar-refractivity contribution in [2.24, 2.45) is 4.99 Å². The molecule has 1 nitrogen and oxygen atoms in total. The Morgan fingerprint density at radius 2 is 2.00 bits per heavy atom. The summed E-state index contributed by atoms with van der Waals surface area (Å²) in [5, 5.41) is 0. The molecule has 0 saturated carbocycles. The van der Waals surface area contributed by atoms with E-state index in [0.29, 0.717) is 5.56 Å². The fourth-order valence-electron chi connectivity index (χ4n) is 0.673. The first kappa shape index (κ1) is 12.5. The van der Waals surface area contributed by atoms with E-state index in [1.165, 1.54) is 12.1 Å². The van der Waals surface area contributed by atoms with E-state index in [4.69, 9.17) is 0 Å². The van der Waals surface area contributed by atoms with Crippen molar-refractivity contribution < 1.29 is 8.78 Å². The van der Waals surface area contributed by atoms with Crippen LogP contribution in [0.15, 0.2) is 35.8 Å². The van der Waals surface area contributed by atoms with E-state index in [2.05, 4.69) is 11.6 Å². The Bertz CT molecular complexity index is 319. The third-order valence-corrected chi connectivity index (χ3v) is 1.39. The molecule has 1 rings (SSSR count). The van der Waals surface area contributed by atoms with Gasteiger partial charge in [0.25, 0.3) is 0 Å². The number of nitrogens with zero attached hydrogens (tertiary/aromatic N) is 1.